The summed E-state index contributed by atoms with van der Waals surface area (Å²) in [6.07, 6.45) is -5.77. The molecule has 7 heteroatoms. The number of thiazole rings is 1. The van der Waals surface area contributed by atoms with E-state index in [4.69, 9.17) is 0 Å². The Bertz CT molecular complexity index is 356. The number of carbonyl (C=O) groups excluding carboxylic acids is 1. The summed E-state index contributed by atoms with van der Waals surface area (Å²) < 4.78 is 41.1. The quantitative estimate of drug-likeness (QED) is 0.757. The average molecular weight is 253 g/mol. The van der Waals surface area contributed by atoms with Crippen molar-refractivity contribution in [2.24, 2.45) is 0 Å². The van der Waals surface area contributed by atoms with E-state index in [-0.39, 0.29) is 17.3 Å². The molecular weight excluding hydrogens is 243 g/mol. The molecule has 0 aliphatic heterocycles. The Balaban J connectivity index is 2.61. The van der Waals surface area contributed by atoms with Gasteiger partial charge >= 0.3 is 5.97 Å². The maximum Gasteiger partial charge on any atom is 0.357 e. The van der Waals surface area contributed by atoms with Crippen molar-refractivity contribution < 1.29 is 22.7 Å². The summed E-state index contributed by atoms with van der Waals surface area (Å²) in [5, 5.41) is 1.53. The maximum absolute atomic E-state index is 12.7. The molecule has 0 saturated heterocycles. The minimum atomic E-state index is -3.03. The van der Waals surface area contributed by atoms with Crippen molar-refractivity contribution in [3.63, 3.8) is 0 Å². The molecule has 1 aromatic heterocycles. The Morgan fingerprint density at radius 2 is 2.25 bits per heavy atom. The highest BCUT2D eigenvalue weighted by Gasteiger charge is 2.22. The van der Waals surface area contributed by atoms with Crippen LogP contribution in [0.5, 0.6) is 0 Å². The van der Waals surface area contributed by atoms with Gasteiger partial charge < -0.3 is 4.74 Å². The summed E-state index contributed by atoms with van der Waals surface area (Å²) in [5.41, 5.74) is 0.0308. The van der Waals surface area contributed by atoms with E-state index >= 15 is 0 Å². The number of esters is 1. The lowest BCUT2D eigenvalue weighted by atomic mass is 10.3. The number of ether oxygens (including phenoxy) is 1. The van der Waals surface area contributed by atoms with Gasteiger partial charge in [0.25, 0.3) is 6.43 Å². The maximum atomic E-state index is 12.7. The molecule has 1 aromatic rings. The van der Waals surface area contributed by atoms with Crippen LogP contribution >= 0.6 is 11.3 Å². The van der Waals surface area contributed by atoms with Crippen molar-refractivity contribution in [2.75, 3.05) is 6.61 Å². The molecule has 1 heterocycles. The Hall–Kier alpha value is -1.11. The molecular formula is C9H10F3NO2S. The van der Waals surface area contributed by atoms with E-state index < -0.39 is 25.0 Å². The van der Waals surface area contributed by atoms with Gasteiger partial charge in [0.2, 0.25) is 0 Å². The predicted octanol–water partition coefficient (Wildman–Crippen LogP) is 2.47. The predicted molar refractivity (Wildman–Crippen MR) is 52.7 cm³/mol. The molecule has 1 unspecified atom stereocenters. The molecule has 90 valence electrons. The smallest absolute Gasteiger partial charge is 0.357 e. The number of rotatable bonds is 5. The number of aromatic nitrogens is 1. The standard InChI is InChI=1S/C9H10F3NO2S/c1-2-15-9(14)6-4-16-7(13-6)3-5(10)8(11)12/h4-5,8H,2-3H2,1H3. The first-order valence-electron chi connectivity index (χ1n) is 4.58. The van der Waals surface area contributed by atoms with E-state index in [1.54, 1.807) is 6.92 Å². The topological polar surface area (TPSA) is 39.2 Å². The zero-order valence-electron chi connectivity index (χ0n) is 8.45. The summed E-state index contributed by atoms with van der Waals surface area (Å²) in [4.78, 5) is 14.9. The molecule has 1 atom stereocenters. The van der Waals surface area contributed by atoms with Gasteiger partial charge in [0, 0.05) is 11.8 Å². The summed E-state index contributed by atoms with van der Waals surface area (Å²) in [6, 6.07) is 0. The molecule has 0 aromatic carbocycles. The van der Waals surface area contributed by atoms with Gasteiger partial charge in [0.1, 0.15) is 0 Å². The Morgan fingerprint density at radius 1 is 1.56 bits per heavy atom. The normalized spacial score (nSPS) is 12.8. The first-order valence-corrected chi connectivity index (χ1v) is 5.46. The van der Waals surface area contributed by atoms with Crippen molar-refractivity contribution >= 4 is 17.3 Å². The van der Waals surface area contributed by atoms with E-state index in [0.717, 1.165) is 11.3 Å². The van der Waals surface area contributed by atoms with Gasteiger partial charge in [-0.05, 0) is 6.92 Å². The van der Waals surface area contributed by atoms with Crippen LogP contribution in [-0.4, -0.2) is 30.2 Å². The molecule has 0 saturated carbocycles. The summed E-state index contributed by atoms with van der Waals surface area (Å²) >= 11 is 0.964. The van der Waals surface area contributed by atoms with Crippen molar-refractivity contribution in [1.29, 1.82) is 0 Å². The molecule has 0 bridgehead atoms. The van der Waals surface area contributed by atoms with Gasteiger partial charge in [-0.25, -0.2) is 22.9 Å². The summed E-state index contributed by atoms with van der Waals surface area (Å²) in [5.74, 6) is -0.627. The molecule has 16 heavy (non-hydrogen) atoms. The number of halogens is 3. The van der Waals surface area contributed by atoms with Crippen LogP contribution in [0.15, 0.2) is 5.38 Å². The number of carbonyl (C=O) groups is 1. The number of alkyl halides is 3. The molecule has 0 spiro atoms. The number of hydrogen-bond donors (Lipinski definition) is 0. The van der Waals surface area contributed by atoms with Gasteiger partial charge in [0.15, 0.2) is 11.9 Å². The van der Waals surface area contributed by atoms with Crippen LogP contribution in [0.2, 0.25) is 0 Å². The lowest BCUT2D eigenvalue weighted by molar-refractivity contribution is 0.0499. The van der Waals surface area contributed by atoms with Crippen LogP contribution in [0.4, 0.5) is 13.2 Å². The minimum absolute atomic E-state index is 0.0308. The second-order valence-corrected chi connectivity index (χ2v) is 3.84. The second kappa shape index (κ2) is 5.83. The molecule has 0 amide bonds. The largest absolute Gasteiger partial charge is 0.461 e. The molecule has 0 radical (unpaired) electrons. The zero-order valence-corrected chi connectivity index (χ0v) is 9.27. The van der Waals surface area contributed by atoms with Crippen LogP contribution in [0, 0.1) is 0 Å². The fourth-order valence-corrected chi connectivity index (χ4v) is 1.76. The third kappa shape index (κ3) is 3.48. The highest BCUT2D eigenvalue weighted by molar-refractivity contribution is 7.09. The second-order valence-electron chi connectivity index (χ2n) is 2.90. The average Bonchev–Trinajstić information content (AvgIpc) is 2.66. The molecule has 0 fully saturated rings. The minimum Gasteiger partial charge on any atom is -0.461 e. The highest BCUT2D eigenvalue weighted by Crippen LogP contribution is 2.17. The highest BCUT2D eigenvalue weighted by atomic mass is 32.1. The van der Waals surface area contributed by atoms with E-state index in [1.807, 2.05) is 0 Å². The molecule has 0 N–H and O–H groups in total. The monoisotopic (exact) mass is 253 g/mol. The van der Waals surface area contributed by atoms with Gasteiger partial charge in [-0.3, -0.25) is 0 Å². The van der Waals surface area contributed by atoms with Crippen LogP contribution in [0.1, 0.15) is 22.4 Å². The Kier molecular flexibility index (Phi) is 4.72. The van der Waals surface area contributed by atoms with Crippen LogP contribution in [0.25, 0.3) is 0 Å². The fraction of sp³-hybridized carbons (Fsp3) is 0.556. The number of nitrogens with zero attached hydrogens (tertiary/aromatic N) is 1. The van der Waals surface area contributed by atoms with Crippen molar-refractivity contribution in [1.82, 2.24) is 4.98 Å². The third-order valence-electron chi connectivity index (χ3n) is 1.68. The van der Waals surface area contributed by atoms with E-state index in [1.165, 1.54) is 5.38 Å². The van der Waals surface area contributed by atoms with E-state index in [9.17, 15) is 18.0 Å². The molecule has 0 aliphatic carbocycles. The van der Waals surface area contributed by atoms with Crippen LogP contribution < -0.4 is 0 Å². The van der Waals surface area contributed by atoms with Gasteiger partial charge in [-0.1, -0.05) is 0 Å². The lowest BCUT2D eigenvalue weighted by Gasteiger charge is -2.03. The Labute approximate surface area is 94.3 Å². The van der Waals surface area contributed by atoms with Gasteiger partial charge in [-0.2, -0.15) is 0 Å². The van der Waals surface area contributed by atoms with Crippen molar-refractivity contribution in [3.8, 4) is 0 Å². The van der Waals surface area contributed by atoms with E-state index in [2.05, 4.69) is 9.72 Å². The van der Waals surface area contributed by atoms with Crippen LogP contribution in [-0.2, 0) is 11.2 Å². The third-order valence-corrected chi connectivity index (χ3v) is 2.55. The molecule has 1 rings (SSSR count). The lowest BCUT2D eigenvalue weighted by Crippen LogP contribution is -2.15. The first-order chi connectivity index (χ1) is 7.54. The molecule has 3 nitrogen and oxygen atoms in total. The van der Waals surface area contributed by atoms with Gasteiger partial charge in [-0.15, -0.1) is 11.3 Å². The Morgan fingerprint density at radius 3 is 2.81 bits per heavy atom. The molecule has 0 aliphatic rings. The van der Waals surface area contributed by atoms with Crippen molar-refractivity contribution in [3.05, 3.63) is 16.1 Å². The van der Waals surface area contributed by atoms with Crippen molar-refractivity contribution in [2.45, 2.75) is 25.9 Å². The van der Waals surface area contributed by atoms with E-state index in [0.29, 0.717) is 0 Å². The first kappa shape index (κ1) is 13.0. The van der Waals surface area contributed by atoms with Crippen LogP contribution in [0.3, 0.4) is 0 Å². The summed E-state index contributed by atoms with van der Waals surface area (Å²) in [7, 11) is 0. The number of hydrogen-bond acceptors (Lipinski definition) is 4. The fourth-order valence-electron chi connectivity index (χ4n) is 0.959. The summed E-state index contributed by atoms with van der Waals surface area (Å²) in [6.45, 7) is 1.84. The SMILES string of the molecule is CCOC(=O)c1csc(CC(F)C(F)F)n1. The van der Waals surface area contributed by atoms with Gasteiger partial charge in [0.05, 0.1) is 11.6 Å². The zero-order chi connectivity index (χ0) is 12.1.